The van der Waals surface area contributed by atoms with Gasteiger partial charge in [0.2, 0.25) is 9.04 Å². The predicted molar refractivity (Wildman–Crippen MR) is 90.7 cm³/mol. The van der Waals surface area contributed by atoms with Gasteiger partial charge in [0.05, 0.1) is 5.41 Å². The summed E-state index contributed by atoms with van der Waals surface area (Å²) in [5.41, 5.74) is 2.81. The lowest BCUT2D eigenvalue weighted by atomic mass is 9.64. The van der Waals surface area contributed by atoms with Crippen molar-refractivity contribution in [3.63, 3.8) is 0 Å². The molecule has 2 unspecified atom stereocenters. The molecule has 0 aromatic heterocycles. The third-order valence-corrected chi connectivity index (χ3v) is 5.65. The molecule has 0 radical (unpaired) electrons. The summed E-state index contributed by atoms with van der Waals surface area (Å²) in [6.07, 6.45) is 3.14. The molecule has 2 aliphatic rings. The van der Waals surface area contributed by atoms with Gasteiger partial charge in [0.25, 0.3) is 0 Å². The second-order valence-electron chi connectivity index (χ2n) is 9.26. The molecular formula is C18H32O2Si. The van der Waals surface area contributed by atoms with Crippen LogP contribution >= 0.6 is 0 Å². The van der Waals surface area contributed by atoms with E-state index in [1.54, 1.807) is 5.57 Å². The van der Waals surface area contributed by atoms with Crippen molar-refractivity contribution in [3.8, 4) is 0 Å². The van der Waals surface area contributed by atoms with Gasteiger partial charge >= 0.3 is 5.97 Å². The van der Waals surface area contributed by atoms with Crippen LogP contribution in [-0.2, 0) is 9.22 Å². The zero-order chi connectivity index (χ0) is 16.2. The van der Waals surface area contributed by atoms with Crippen LogP contribution in [0.25, 0.3) is 0 Å². The lowest BCUT2D eigenvalue weighted by molar-refractivity contribution is -0.144. The maximum Gasteiger partial charge on any atom is 0.302 e. The van der Waals surface area contributed by atoms with Gasteiger partial charge < -0.3 is 4.43 Å². The number of fused-ring (bicyclic) bond motifs is 2. The Bertz CT molecular complexity index is 476. The van der Waals surface area contributed by atoms with Crippen molar-refractivity contribution in [2.24, 2.45) is 22.2 Å². The number of rotatable bonds is 2. The molecule has 120 valence electrons. The van der Waals surface area contributed by atoms with Crippen LogP contribution in [0.4, 0.5) is 0 Å². The first-order valence-corrected chi connectivity index (χ1v) is 11.1. The van der Waals surface area contributed by atoms with E-state index in [4.69, 9.17) is 4.43 Å². The summed E-state index contributed by atoms with van der Waals surface area (Å²) in [6.45, 7) is 17.8. The van der Waals surface area contributed by atoms with E-state index in [0.29, 0.717) is 5.92 Å². The first kappa shape index (κ1) is 16.8. The van der Waals surface area contributed by atoms with Gasteiger partial charge in [0, 0.05) is 0 Å². The van der Waals surface area contributed by atoms with Crippen molar-refractivity contribution in [2.75, 3.05) is 0 Å². The maximum absolute atomic E-state index is 12.9. The Morgan fingerprint density at radius 1 is 1.14 bits per heavy atom. The molecule has 0 aliphatic heterocycles. The highest BCUT2D eigenvalue weighted by Crippen LogP contribution is 2.65. The van der Waals surface area contributed by atoms with E-state index in [1.807, 2.05) is 0 Å². The van der Waals surface area contributed by atoms with Crippen molar-refractivity contribution >= 4 is 15.0 Å². The van der Waals surface area contributed by atoms with Crippen LogP contribution in [0.15, 0.2) is 11.1 Å². The third kappa shape index (κ3) is 2.74. The van der Waals surface area contributed by atoms with Gasteiger partial charge in [-0.05, 0) is 54.7 Å². The van der Waals surface area contributed by atoms with E-state index < -0.39 is 9.04 Å². The summed E-state index contributed by atoms with van der Waals surface area (Å²) in [7, 11) is -1.34. The Balaban J connectivity index is 2.57. The minimum absolute atomic E-state index is 0.0370. The lowest BCUT2D eigenvalue weighted by Gasteiger charge is -2.41. The van der Waals surface area contributed by atoms with Crippen molar-refractivity contribution in [3.05, 3.63) is 11.1 Å². The molecule has 0 saturated heterocycles. The molecule has 0 aromatic carbocycles. The number of hydrogen-bond donors (Lipinski definition) is 0. The van der Waals surface area contributed by atoms with Crippen LogP contribution in [0.2, 0.25) is 13.1 Å². The molecule has 21 heavy (non-hydrogen) atoms. The Morgan fingerprint density at radius 3 is 2.14 bits per heavy atom. The molecule has 0 spiro atoms. The normalized spacial score (nSPS) is 29.5. The average molecular weight is 309 g/mol. The smallest absolute Gasteiger partial charge is 0.302 e. The molecule has 0 heterocycles. The van der Waals surface area contributed by atoms with Crippen molar-refractivity contribution in [2.45, 2.75) is 73.9 Å². The highest BCUT2D eigenvalue weighted by Gasteiger charge is 2.60. The second-order valence-corrected chi connectivity index (χ2v) is 11.6. The van der Waals surface area contributed by atoms with E-state index in [2.05, 4.69) is 54.6 Å². The molecule has 0 aromatic rings. The highest BCUT2D eigenvalue weighted by molar-refractivity contribution is 6.50. The average Bonchev–Trinajstić information content (AvgIpc) is 2.81. The van der Waals surface area contributed by atoms with Crippen molar-refractivity contribution in [1.82, 2.24) is 0 Å². The molecule has 2 nitrogen and oxygen atoms in total. The largest absolute Gasteiger partial charge is 0.522 e. The SMILES string of the molecule is C[SiH](C)OC(=O)C12CCC(C1)C(C(C)(C)C)=C2C(C)(C)C. The standard InChI is InChI=1S/C18H32O2Si/c1-16(2,3)13-12-9-10-18(11-12,14(13)17(4,5)6)15(19)20-21(7)8/h12,21H,9-11H2,1-8H3. The topological polar surface area (TPSA) is 26.3 Å². The summed E-state index contributed by atoms with van der Waals surface area (Å²) in [4.78, 5) is 12.9. The van der Waals surface area contributed by atoms with E-state index in [1.165, 1.54) is 5.57 Å². The fraction of sp³-hybridized carbons (Fsp3) is 0.833. The Morgan fingerprint density at radius 2 is 1.71 bits per heavy atom. The van der Waals surface area contributed by atoms with Crippen LogP contribution in [-0.4, -0.2) is 15.0 Å². The Labute approximate surface area is 132 Å². The van der Waals surface area contributed by atoms with Crippen molar-refractivity contribution < 1.29 is 9.22 Å². The fourth-order valence-corrected chi connectivity index (χ4v) is 5.36. The highest BCUT2D eigenvalue weighted by atomic mass is 28.3. The monoisotopic (exact) mass is 308 g/mol. The number of carbonyl (C=O) groups is 1. The molecule has 1 fully saturated rings. The van der Waals surface area contributed by atoms with Gasteiger partial charge in [-0.1, -0.05) is 47.1 Å². The van der Waals surface area contributed by atoms with Crippen LogP contribution in [0.1, 0.15) is 60.8 Å². The maximum atomic E-state index is 12.9. The summed E-state index contributed by atoms with van der Waals surface area (Å²) >= 11 is 0. The Hall–Kier alpha value is -0.573. The van der Waals surface area contributed by atoms with E-state index >= 15 is 0 Å². The van der Waals surface area contributed by atoms with Gasteiger partial charge in [0.15, 0.2) is 0 Å². The molecule has 2 bridgehead atoms. The van der Waals surface area contributed by atoms with Gasteiger partial charge in [0.1, 0.15) is 0 Å². The van der Waals surface area contributed by atoms with Gasteiger partial charge in [-0.25, -0.2) is 0 Å². The molecule has 1 saturated carbocycles. The molecule has 0 N–H and O–H groups in total. The van der Waals surface area contributed by atoms with Crippen molar-refractivity contribution in [1.29, 1.82) is 0 Å². The molecular weight excluding hydrogens is 276 g/mol. The summed E-state index contributed by atoms with van der Waals surface area (Å²) in [5.74, 6) is 0.663. The van der Waals surface area contributed by atoms with Gasteiger partial charge in [-0.15, -0.1) is 0 Å². The Kier molecular flexibility index (Phi) is 3.97. The number of carbonyl (C=O) groups excluding carboxylic acids is 1. The number of allylic oxidation sites excluding steroid dienone is 1. The van der Waals surface area contributed by atoms with Gasteiger partial charge in [-0.3, -0.25) is 4.79 Å². The summed E-state index contributed by atoms with van der Waals surface area (Å²) in [6, 6.07) is 0. The van der Waals surface area contributed by atoms with E-state index in [-0.39, 0.29) is 22.2 Å². The molecule has 2 aliphatic carbocycles. The zero-order valence-corrected chi connectivity index (χ0v) is 16.2. The van der Waals surface area contributed by atoms with Crippen LogP contribution in [0.5, 0.6) is 0 Å². The summed E-state index contributed by atoms with van der Waals surface area (Å²) in [5, 5.41) is 0. The predicted octanol–water partition coefficient (Wildman–Crippen LogP) is 4.70. The lowest BCUT2D eigenvalue weighted by Crippen LogP contribution is -2.39. The first-order valence-electron chi connectivity index (χ1n) is 8.36. The molecule has 2 rings (SSSR count). The first-order chi connectivity index (χ1) is 9.39. The molecule has 0 amide bonds. The van der Waals surface area contributed by atoms with Crippen LogP contribution in [0.3, 0.4) is 0 Å². The van der Waals surface area contributed by atoms with E-state index in [9.17, 15) is 4.79 Å². The van der Waals surface area contributed by atoms with Gasteiger partial charge in [-0.2, -0.15) is 0 Å². The van der Waals surface area contributed by atoms with Crippen LogP contribution < -0.4 is 0 Å². The van der Waals surface area contributed by atoms with E-state index in [0.717, 1.165) is 19.3 Å². The minimum atomic E-state index is -1.34. The fourth-order valence-electron chi connectivity index (χ4n) is 4.70. The van der Waals surface area contributed by atoms with Crippen LogP contribution in [0, 0.1) is 22.2 Å². The third-order valence-electron chi connectivity index (χ3n) is 4.96. The second kappa shape index (κ2) is 4.97. The molecule has 3 heteroatoms. The number of hydrogen-bond acceptors (Lipinski definition) is 2. The zero-order valence-electron chi connectivity index (χ0n) is 15.1. The molecule has 2 atom stereocenters. The summed E-state index contributed by atoms with van der Waals surface area (Å²) < 4.78 is 5.81. The minimum Gasteiger partial charge on any atom is -0.522 e. The quantitative estimate of drug-likeness (QED) is 0.546.